The van der Waals surface area contributed by atoms with Crippen molar-refractivity contribution in [3.8, 4) is 5.75 Å². The molecule has 0 aliphatic carbocycles. The quantitative estimate of drug-likeness (QED) is 0.687. The molecule has 10 heteroatoms. The highest BCUT2D eigenvalue weighted by Gasteiger charge is 2.25. The van der Waals surface area contributed by atoms with Gasteiger partial charge in [-0.25, -0.2) is 9.37 Å². The topological polar surface area (TPSA) is 97.6 Å². The third kappa shape index (κ3) is 4.27. The van der Waals surface area contributed by atoms with E-state index in [1.807, 2.05) is 0 Å². The number of hydrogen-bond acceptors (Lipinski definition) is 7. The van der Waals surface area contributed by atoms with E-state index in [-0.39, 0.29) is 24.0 Å². The van der Waals surface area contributed by atoms with Crippen LogP contribution in [0.4, 0.5) is 9.52 Å². The minimum Gasteiger partial charge on any atom is -0.481 e. The zero-order chi connectivity index (χ0) is 20.4. The van der Waals surface area contributed by atoms with E-state index in [0.29, 0.717) is 30.4 Å². The van der Waals surface area contributed by atoms with Crippen LogP contribution in [-0.4, -0.2) is 40.0 Å². The summed E-state index contributed by atoms with van der Waals surface area (Å²) in [5.74, 6) is -0.564. The molecule has 0 radical (unpaired) electrons. The molecule has 1 aliphatic heterocycles. The van der Waals surface area contributed by atoms with Gasteiger partial charge in [-0.2, -0.15) is 0 Å². The van der Waals surface area contributed by atoms with Crippen molar-refractivity contribution in [3.05, 3.63) is 58.2 Å². The van der Waals surface area contributed by atoms with Gasteiger partial charge in [-0.15, -0.1) is 0 Å². The number of para-hydroxylation sites is 1. The lowest BCUT2D eigenvalue weighted by molar-refractivity contribution is -0.134. The molecule has 8 nitrogen and oxygen atoms in total. The molecular weight excluding hydrogens is 399 g/mol. The van der Waals surface area contributed by atoms with E-state index in [0.717, 1.165) is 10.6 Å². The number of amides is 2. The minimum atomic E-state index is -0.508. The molecule has 3 heterocycles. The molecule has 0 atom stereocenters. The lowest BCUT2D eigenvalue weighted by Gasteiger charge is -2.26. The maximum atomic E-state index is 13.6. The second-order valence-corrected chi connectivity index (χ2v) is 7.53. The van der Waals surface area contributed by atoms with Gasteiger partial charge in [0, 0.05) is 23.9 Å². The average Bonchev–Trinajstić information content (AvgIpc) is 3.32. The number of rotatable bonds is 5. The van der Waals surface area contributed by atoms with Crippen LogP contribution in [0.2, 0.25) is 0 Å². The third-order valence-corrected chi connectivity index (χ3v) is 5.35. The molecule has 0 saturated carbocycles. The van der Waals surface area contributed by atoms with Gasteiger partial charge in [0.15, 0.2) is 29.0 Å². The fourth-order valence-electron chi connectivity index (χ4n) is 2.89. The number of hydrogen-bond donors (Lipinski definition) is 1. The fraction of sp³-hybridized carbons (Fsp3) is 0.263. The number of nitrogens with zero attached hydrogens (tertiary/aromatic N) is 3. The van der Waals surface area contributed by atoms with Gasteiger partial charge in [0.25, 0.3) is 11.8 Å². The van der Waals surface area contributed by atoms with Crippen molar-refractivity contribution >= 4 is 28.3 Å². The molecule has 1 aromatic carbocycles. The third-order valence-electron chi connectivity index (χ3n) is 4.35. The van der Waals surface area contributed by atoms with Crippen LogP contribution in [0.15, 0.2) is 34.9 Å². The predicted octanol–water partition coefficient (Wildman–Crippen LogP) is 2.79. The molecule has 0 bridgehead atoms. The van der Waals surface area contributed by atoms with E-state index in [1.165, 1.54) is 23.5 Å². The van der Waals surface area contributed by atoms with Gasteiger partial charge in [-0.05, 0) is 19.1 Å². The number of carbonyl (C=O) groups excluding carboxylic acids is 2. The summed E-state index contributed by atoms with van der Waals surface area (Å²) in [6.45, 7) is 2.30. The summed E-state index contributed by atoms with van der Waals surface area (Å²) >= 11 is 1.31. The van der Waals surface area contributed by atoms with Gasteiger partial charge in [0.2, 0.25) is 0 Å². The summed E-state index contributed by atoms with van der Waals surface area (Å²) in [5.41, 5.74) is 1.03. The Balaban J connectivity index is 1.36. The molecule has 3 aromatic rings. The highest BCUT2D eigenvalue weighted by Crippen LogP contribution is 2.29. The van der Waals surface area contributed by atoms with Crippen LogP contribution in [-0.2, 0) is 17.8 Å². The van der Waals surface area contributed by atoms with Crippen molar-refractivity contribution < 1.29 is 23.2 Å². The summed E-state index contributed by atoms with van der Waals surface area (Å²) in [5, 5.41) is 6.82. The first-order chi connectivity index (χ1) is 14.0. The highest BCUT2D eigenvalue weighted by molar-refractivity contribution is 7.15. The normalized spacial score (nSPS) is 13.1. The largest absolute Gasteiger partial charge is 0.481 e. The van der Waals surface area contributed by atoms with Gasteiger partial charge >= 0.3 is 0 Å². The van der Waals surface area contributed by atoms with Gasteiger partial charge in [0.1, 0.15) is 5.76 Å². The number of ether oxygens (including phenoxy) is 1. The molecule has 2 amide bonds. The predicted molar refractivity (Wildman–Crippen MR) is 102 cm³/mol. The van der Waals surface area contributed by atoms with Crippen LogP contribution in [0.1, 0.15) is 26.8 Å². The Morgan fingerprint density at radius 3 is 2.97 bits per heavy atom. The van der Waals surface area contributed by atoms with Crippen molar-refractivity contribution in [1.29, 1.82) is 0 Å². The van der Waals surface area contributed by atoms with E-state index < -0.39 is 11.7 Å². The molecule has 1 N–H and O–H groups in total. The van der Waals surface area contributed by atoms with Crippen molar-refractivity contribution in [2.75, 3.05) is 18.5 Å². The molecule has 0 fully saturated rings. The first kappa shape index (κ1) is 19.1. The second kappa shape index (κ2) is 8.00. The van der Waals surface area contributed by atoms with Crippen molar-refractivity contribution in [3.63, 3.8) is 0 Å². The number of thiazole rings is 1. The van der Waals surface area contributed by atoms with E-state index in [1.54, 1.807) is 30.0 Å². The summed E-state index contributed by atoms with van der Waals surface area (Å²) in [6, 6.07) is 7.49. The molecule has 2 aromatic heterocycles. The Morgan fingerprint density at radius 2 is 2.21 bits per heavy atom. The number of aryl methyl sites for hydroxylation is 1. The zero-order valence-electron chi connectivity index (χ0n) is 15.5. The number of anilines is 1. The summed E-state index contributed by atoms with van der Waals surface area (Å²) < 4.78 is 23.8. The molecule has 0 spiro atoms. The van der Waals surface area contributed by atoms with Gasteiger partial charge in [-0.1, -0.05) is 28.6 Å². The van der Waals surface area contributed by atoms with E-state index in [9.17, 15) is 14.0 Å². The highest BCUT2D eigenvalue weighted by atomic mass is 32.1. The van der Waals surface area contributed by atoms with Crippen molar-refractivity contribution in [2.24, 2.45) is 0 Å². The number of nitrogens with one attached hydrogen (secondary N) is 1. The second-order valence-electron chi connectivity index (χ2n) is 6.45. The Hall–Kier alpha value is -3.27. The summed E-state index contributed by atoms with van der Waals surface area (Å²) in [4.78, 5) is 31.6. The molecule has 1 aliphatic rings. The number of fused-ring (bicyclic) bond motifs is 1. The van der Waals surface area contributed by atoms with Crippen molar-refractivity contribution in [2.45, 2.75) is 19.9 Å². The lowest BCUT2D eigenvalue weighted by Crippen LogP contribution is -2.38. The number of carbonyl (C=O) groups is 2. The van der Waals surface area contributed by atoms with Crippen LogP contribution in [0.3, 0.4) is 0 Å². The van der Waals surface area contributed by atoms with E-state index in [4.69, 9.17) is 9.26 Å². The summed E-state index contributed by atoms with van der Waals surface area (Å²) in [7, 11) is 0. The lowest BCUT2D eigenvalue weighted by atomic mass is 10.2. The van der Waals surface area contributed by atoms with Crippen LogP contribution < -0.4 is 10.1 Å². The van der Waals surface area contributed by atoms with Gasteiger partial charge in [0.05, 0.1) is 12.2 Å². The summed E-state index contributed by atoms with van der Waals surface area (Å²) in [6.07, 6.45) is 0.566. The molecule has 0 unspecified atom stereocenters. The van der Waals surface area contributed by atoms with Crippen LogP contribution in [0.5, 0.6) is 5.75 Å². The Kier molecular flexibility index (Phi) is 5.26. The minimum absolute atomic E-state index is 0.0458. The maximum Gasteiger partial charge on any atom is 0.279 e. The number of aromatic nitrogens is 2. The average molecular weight is 416 g/mol. The molecule has 0 saturated heterocycles. The maximum absolute atomic E-state index is 13.6. The van der Waals surface area contributed by atoms with E-state index >= 15 is 0 Å². The number of benzene rings is 1. The Morgan fingerprint density at radius 1 is 1.38 bits per heavy atom. The first-order valence-corrected chi connectivity index (χ1v) is 9.69. The molecule has 29 heavy (non-hydrogen) atoms. The van der Waals surface area contributed by atoms with Crippen molar-refractivity contribution in [1.82, 2.24) is 15.0 Å². The monoisotopic (exact) mass is 416 g/mol. The van der Waals surface area contributed by atoms with E-state index in [2.05, 4.69) is 15.5 Å². The fourth-order valence-corrected chi connectivity index (χ4v) is 3.91. The molecule has 4 rings (SSSR count). The zero-order valence-corrected chi connectivity index (χ0v) is 16.3. The molecular formula is C19H17FN4O4S. The smallest absolute Gasteiger partial charge is 0.279 e. The Labute approximate surface area is 169 Å². The van der Waals surface area contributed by atoms with Gasteiger partial charge < -0.3 is 14.2 Å². The standard InChI is InChI=1S/C19H17FN4O4S/c1-11-8-14(23-28-11)18(26)22-19-21-13-6-7-24(9-16(13)29-19)17(25)10-27-15-5-3-2-4-12(15)20/h2-5,8H,6-7,9-10H2,1H3,(H,21,22,26). The van der Waals surface area contributed by atoms with Crippen LogP contribution >= 0.6 is 11.3 Å². The Bertz CT molecular complexity index is 1060. The first-order valence-electron chi connectivity index (χ1n) is 8.88. The van der Waals surface area contributed by atoms with Crippen LogP contribution in [0.25, 0.3) is 0 Å². The van der Waals surface area contributed by atoms with Gasteiger partial charge in [-0.3, -0.25) is 14.9 Å². The number of halogens is 1. The SMILES string of the molecule is Cc1cc(C(=O)Nc2nc3c(s2)CN(C(=O)COc2ccccc2F)CC3)no1. The molecule has 150 valence electrons. The van der Waals surface area contributed by atoms with Crippen LogP contribution in [0, 0.1) is 12.7 Å².